The zero-order valence-corrected chi connectivity index (χ0v) is 14.0. The molecule has 1 amide bonds. The van der Waals surface area contributed by atoms with E-state index in [0.717, 1.165) is 21.3 Å². The van der Waals surface area contributed by atoms with Crippen LogP contribution in [0.3, 0.4) is 0 Å². The number of halogens is 1. The van der Waals surface area contributed by atoms with Crippen LogP contribution < -0.4 is 10.1 Å². The summed E-state index contributed by atoms with van der Waals surface area (Å²) in [7, 11) is 0. The molecule has 0 radical (unpaired) electrons. The third-order valence-corrected chi connectivity index (χ3v) is 3.72. The summed E-state index contributed by atoms with van der Waals surface area (Å²) in [5.74, 6) is 0.491. The molecule has 0 aromatic heterocycles. The Kier molecular flexibility index (Phi) is 5.02. The zero-order valence-electron chi connectivity index (χ0n) is 12.4. The Morgan fingerprint density at radius 1 is 1.10 bits per heavy atom. The number of anilines is 1. The SMILES string of the molecule is Cc1ccc(NC(=O)COc2ccc(C)cc2Br)c(C)c1. The van der Waals surface area contributed by atoms with E-state index < -0.39 is 0 Å². The molecule has 1 N–H and O–H groups in total. The van der Waals surface area contributed by atoms with E-state index >= 15 is 0 Å². The number of amides is 1. The van der Waals surface area contributed by atoms with E-state index in [1.807, 2.05) is 57.2 Å². The summed E-state index contributed by atoms with van der Waals surface area (Å²) >= 11 is 3.43. The monoisotopic (exact) mass is 347 g/mol. The van der Waals surface area contributed by atoms with Gasteiger partial charge in [0.25, 0.3) is 5.91 Å². The van der Waals surface area contributed by atoms with Gasteiger partial charge in [0.1, 0.15) is 5.75 Å². The molecule has 4 heteroatoms. The molecule has 0 atom stereocenters. The van der Waals surface area contributed by atoms with Crippen molar-refractivity contribution in [2.24, 2.45) is 0 Å². The van der Waals surface area contributed by atoms with Crippen molar-refractivity contribution in [2.75, 3.05) is 11.9 Å². The van der Waals surface area contributed by atoms with Gasteiger partial charge in [0.2, 0.25) is 0 Å². The topological polar surface area (TPSA) is 38.3 Å². The fraction of sp³-hybridized carbons (Fsp3) is 0.235. The zero-order chi connectivity index (χ0) is 15.4. The molecule has 0 saturated carbocycles. The lowest BCUT2D eigenvalue weighted by Crippen LogP contribution is -2.20. The van der Waals surface area contributed by atoms with Crippen molar-refractivity contribution >= 4 is 27.5 Å². The highest BCUT2D eigenvalue weighted by Crippen LogP contribution is 2.25. The lowest BCUT2D eigenvalue weighted by Gasteiger charge is -2.11. The number of nitrogens with one attached hydrogen (secondary N) is 1. The number of carbonyl (C=O) groups excluding carboxylic acids is 1. The van der Waals surface area contributed by atoms with Gasteiger partial charge in [-0.15, -0.1) is 0 Å². The molecule has 0 aliphatic carbocycles. The van der Waals surface area contributed by atoms with E-state index in [4.69, 9.17) is 4.74 Å². The van der Waals surface area contributed by atoms with Crippen LogP contribution in [0.15, 0.2) is 40.9 Å². The van der Waals surface area contributed by atoms with Crippen molar-refractivity contribution in [3.63, 3.8) is 0 Å². The third kappa shape index (κ3) is 4.33. The molecule has 0 aliphatic heterocycles. The molecule has 0 bridgehead atoms. The Hall–Kier alpha value is -1.81. The van der Waals surface area contributed by atoms with Crippen LogP contribution in [0.5, 0.6) is 5.75 Å². The first-order valence-electron chi connectivity index (χ1n) is 6.72. The number of hydrogen-bond acceptors (Lipinski definition) is 2. The Morgan fingerprint density at radius 2 is 1.76 bits per heavy atom. The van der Waals surface area contributed by atoms with Crippen molar-refractivity contribution in [1.82, 2.24) is 0 Å². The highest BCUT2D eigenvalue weighted by molar-refractivity contribution is 9.10. The van der Waals surface area contributed by atoms with Crippen LogP contribution in [-0.2, 0) is 4.79 Å². The summed E-state index contributed by atoms with van der Waals surface area (Å²) < 4.78 is 6.38. The number of hydrogen-bond donors (Lipinski definition) is 1. The minimum atomic E-state index is -0.172. The summed E-state index contributed by atoms with van der Waals surface area (Å²) in [4.78, 5) is 11.9. The Bertz CT molecular complexity index is 668. The van der Waals surface area contributed by atoms with Gasteiger partial charge in [-0.2, -0.15) is 0 Å². The molecule has 0 aliphatic rings. The van der Waals surface area contributed by atoms with Crippen molar-refractivity contribution in [3.8, 4) is 5.75 Å². The van der Waals surface area contributed by atoms with E-state index in [0.29, 0.717) is 5.75 Å². The van der Waals surface area contributed by atoms with Gasteiger partial charge in [-0.1, -0.05) is 23.8 Å². The first-order chi connectivity index (χ1) is 9.95. The van der Waals surface area contributed by atoms with Crippen LogP contribution in [-0.4, -0.2) is 12.5 Å². The smallest absolute Gasteiger partial charge is 0.262 e. The average Bonchev–Trinajstić information content (AvgIpc) is 2.41. The van der Waals surface area contributed by atoms with Crippen molar-refractivity contribution in [3.05, 3.63) is 57.6 Å². The molecule has 0 fully saturated rings. The Balaban J connectivity index is 1.96. The van der Waals surface area contributed by atoms with Crippen LogP contribution in [0.1, 0.15) is 16.7 Å². The molecule has 3 nitrogen and oxygen atoms in total. The van der Waals surface area contributed by atoms with Gasteiger partial charge < -0.3 is 10.1 Å². The number of benzene rings is 2. The molecule has 2 rings (SSSR count). The average molecular weight is 348 g/mol. The van der Waals surface area contributed by atoms with E-state index in [2.05, 4.69) is 21.2 Å². The quantitative estimate of drug-likeness (QED) is 0.890. The van der Waals surface area contributed by atoms with Crippen molar-refractivity contribution in [1.29, 1.82) is 0 Å². The van der Waals surface area contributed by atoms with Gasteiger partial charge in [-0.3, -0.25) is 4.79 Å². The van der Waals surface area contributed by atoms with Gasteiger partial charge in [-0.05, 0) is 66.0 Å². The van der Waals surface area contributed by atoms with Crippen LogP contribution in [0.25, 0.3) is 0 Å². The second-order valence-corrected chi connectivity index (χ2v) is 5.94. The summed E-state index contributed by atoms with van der Waals surface area (Å²) in [5, 5.41) is 2.86. The van der Waals surface area contributed by atoms with E-state index in [1.54, 1.807) is 0 Å². The second-order valence-electron chi connectivity index (χ2n) is 5.09. The van der Waals surface area contributed by atoms with Crippen LogP contribution >= 0.6 is 15.9 Å². The molecule has 21 heavy (non-hydrogen) atoms. The number of aryl methyl sites for hydroxylation is 3. The van der Waals surface area contributed by atoms with E-state index in [1.165, 1.54) is 5.56 Å². The largest absolute Gasteiger partial charge is 0.483 e. The normalized spacial score (nSPS) is 10.3. The standard InChI is InChI=1S/C17H18BrNO2/c1-11-4-6-15(13(3)8-11)19-17(20)10-21-16-7-5-12(2)9-14(16)18/h4-9H,10H2,1-3H3,(H,19,20). The van der Waals surface area contributed by atoms with Crippen LogP contribution in [0, 0.1) is 20.8 Å². The lowest BCUT2D eigenvalue weighted by atomic mass is 10.1. The predicted octanol–water partition coefficient (Wildman–Crippen LogP) is 4.39. The second kappa shape index (κ2) is 6.76. The fourth-order valence-corrected chi connectivity index (χ4v) is 2.61. The molecule has 0 unspecified atom stereocenters. The Labute approximate surface area is 133 Å². The molecule has 110 valence electrons. The third-order valence-electron chi connectivity index (χ3n) is 3.10. The molecule has 0 heterocycles. The first-order valence-corrected chi connectivity index (χ1v) is 7.51. The van der Waals surface area contributed by atoms with Crippen molar-refractivity contribution < 1.29 is 9.53 Å². The maximum absolute atomic E-state index is 11.9. The minimum absolute atomic E-state index is 0.0189. The molecule has 2 aromatic rings. The maximum Gasteiger partial charge on any atom is 0.262 e. The highest BCUT2D eigenvalue weighted by atomic mass is 79.9. The number of ether oxygens (including phenoxy) is 1. The van der Waals surface area contributed by atoms with Crippen molar-refractivity contribution in [2.45, 2.75) is 20.8 Å². The summed E-state index contributed by atoms with van der Waals surface area (Å²) in [6.45, 7) is 5.98. The Morgan fingerprint density at radius 3 is 2.43 bits per heavy atom. The molecule has 0 saturated heterocycles. The number of rotatable bonds is 4. The lowest BCUT2D eigenvalue weighted by molar-refractivity contribution is -0.118. The summed E-state index contributed by atoms with van der Waals surface area (Å²) in [6.07, 6.45) is 0. The molecule has 2 aromatic carbocycles. The van der Waals surface area contributed by atoms with Crippen LogP contribution in [0.4, 0.5) is 5.69 Å². The van der Waals surface area contributed by atoms with Gasteiger partial charge in [0.15, 0.2) is 6.61 Å². The van der Waals surface area contributed by atoms with Gasteiger partial charge in [-0.25, -0.2) is 0 Å². The first kappa shape index (κ1) is 15.6. The summed E-state index contributed by atoms with van der Waals surface area (Å²) in [5.41, 5.74) is 4.16. The van der Waals surface area contributed by atoms with Crippen LogP contribution in [0.2, 0.25) is 0 Å². The molecular weight excluding hydrogens is 330 g/mol. The minimum Gasteiger partial charge on any atom is -0.483 e. The number of carbonyl (C=O) groups is 1. The van der Waals surface area contributed by atoms with Gasteiger partial charge in [0, 0.05) is 5.69 Å². The highest BCUT2D eigenvalue weighted by Gasteiger charge is 2.07. The predicted molar refractivity (Wildman–Crippen MR) is 88.9 cm³/mol. The van der Waals surface area contributed by atoms with E-state index in [-0.39, 0.29) is 12.5 Å². The van der Waals surface area contributed by atoms with E-state index in [9.17, 15) is 4.79 Å². The molecular formula is C17H18BrNO2. The van der Waals surface area contributed by atoms with Gasteiger partial charge >= 0.3 is 0 Å². The van der Waals surface area contributed by atoms with Gasteiger partial charge in [0.05, 0.1) is 4.47 Å². The summed E-state index contributed by atoms with van der Waals surface area (Å²) in [6, 6.07) is 11.7. The fourth-order valence-electron chi connectivity index (χ4n) is 2.01. The maximum atomic E-state index is 11.9. The molecule has 0 spiro atoms.